The van der Waals surface area contributed by atoms with Crippen molar-refractivity contribution in [2.24, 2.45) is 0 Å². The zero-order valence-corrected chi connectivity index (χ0v) is 8.25. The van der Waals surface area contributed by atoms with Crippen LogP contribution in [0.15, 0.2) is 35.9 Å². The second-order valence-electron chi connectivity index (χ2n) is 2.75. The fourth-order valence-electron chi connectivity index (χ4n) is 1.22. The van der Waals surface area contributed by atoms with Crippen LogP contribution in [0.1, 0.15) is 0 Å². The van der Waals surface area contributed by atoms with Gasteiger partial charge in [0.2, 0.25) is 0 Å². The fourth-order valence-corrected chi connectivity index (χ4v) is 1.93. The molecule has 0 amide bonds. The number of ether oxygens (including phenoxy) is 1. The van der Waals surface area contributed by atoms with Crippen molar-refractivity contribution in [2.75, 3.05) is 17.9 Å². The Hall–Kier alpha value is -1.09. The molecule has 2 nitrogen and oxygen atoms in total. The number of anilines is 1. The van der Waals surface area contributed by atoms with E-state index in [4.69, 9.17) is 4.74 Å². The van der Waals surface area contributed by atoms with E-state index in [0.29, 0.717) is 0 Å². The standard InChI is InChI=1S/C10H11NOS/c1-12-10-4-2-9(3-5-10)11-6-7-13-8-11/h2-7H,8H2,1H3. The van der Waals surface area contributed by atoms with Gasteiger partial charge in [0.1, 0.15) is 5.75 Å². The molecule has 0 radical (unpaired) electrons. The van der Waals surface area contributed by atoms with E-state index in [-0.39, 0.29) is 0 Å². The minimum atomic E-state index is 0.902. The van der Waals surface area contributed by atoms with Gasteiger partial charge in [0.15, 0.2) is 0 Å². The van der Waals surface area contributed by atoms with Crippen molar-refractivity contribution in [3.05, 3.63) is 35.9 Å². The van der Waals surface area contributed by atoms with E-state index in [1.54, 1.807) is 18.9 Å². The highest BCUT2D eigenvalue weighted by molar-refractivity contribution is 8.02. The molecule has 0 aromatic heterocycles. The van der Waals surface area contributed by atoms with Crippen molar-refractivity contribution >= 4 is 17.4 Å². The quantitative estimate of drug-likeness (QED) is 0.716. The van der Waals surface area contributed by atoms with Crippen molar-refractivity contribution < 1.29 is 4.74 Å². The average Bonchev–Trinajstić information content (AvgIpc) is 2.71. The van der Waals surface area contributed by atoms with Gasteiger partial charge in [-0.2, -0.15) is 0 Å². The van der Waals surface area contributed by atoms with E-state index < -0.39 is 0 Å². The van der Waals surface area contributed by atoms with Crippen molar-refractivity contribution in [3.8, 4) is 5.75 Å². The summed E-state index contributed by atoms with van der Waals surface area (Å²) in [5.74, 6) is 1.91. The first kappa shape index (κ1) is 8.51. The Morgan fingerprint density at radius 1 is 1.31 bits per heavy atom. The van der Waals surface area contributed by atoms with E-state index >= 15 is 0 Å². The minimum Gasteiger partial charge on any atom is -0.497 e. The van der Waals surface area contributed by atoms with Gasteiger partial charge < -0.3 is 9.64 Å². The van der Waals surface area contributed by atoms with E-state index in [0.717, 1.165) is 11.6 Å². The van der Waals surface area contributed by atoms with Crippen molar-refractivity contribution in [1.82, 2.24) is 0 Å². The molecule has 0 atom stereocenters. The number of hydrogen-bond acceptors (Lipinski definition) is 3. The van der Waals surface area contributed by atoms with Crippen molar-refractivity contribution in [3.63, 3.8) is 0 Å². The van der Waals surface area contributed by atoms with Crippen LogP contribution in [0.4, 0.5) is 5.69 Å². The summed E-state index contributed by atoms with van der Waals surface area (Å²) in [6.45, 7) is 0. The van der Waals surface area contributed by atoms with Gasteiger partial charge in [-0.3, -0.25) is 0 Å². The summed E-state index contributed by atoms with van der Waals surface area (Å²) in [7, 11) is 1.68. The summed E-state index contributed by atoms with van der Waals surface area (Å²) in [5, 5.41) is 2.10. The normalized spacial score (nSPS) is 15.0. The van der Waals surface area contributed by atoms with Crippen LogP contribution in [0.2, 0.25) is 0 Å². The van der Waals surface area contributed by atoms with Gasteiger partial charge >= 0.3 is 0 Å². The van der Waals surface area contributed by atoms with Crippen LogP contribution >= 0.6 is 11.8 Å². The summed E-state index contributed by atoms with van der Waals surface area (Å²) >= 11 is 1.80. The van der Waals surface area contributed by atoms with Gasteiger partial charge in [-0.05, 0) is 29.7 Å². The maximum atomic E-state index is 5.09. The molecule has 1 aromatic rings. The summed E-state index contributed by atoms with van der Waals surface area (Å²) in [5.41, 5.74) is 1.21. The molecule has 0 saturated heterocycles. The van der Waals surface area contributed by atoms with Gasteiger partial charge in [0, 0.05) is 11.9 Å². The zero-order chi connectivity index (χ0) is 9.10. The molecule has 0 spiro atoms. The van der Waals surface area contributed by atoms with E-state index in [9.17, 15) is 0 Å². The molecule has 1 aliphatic rings. The summed E-state index contributed by atoms with van der Waals surface area (Å²) in [6, 6.07) is 8.09. The number of methoxy groups -OCH3 is 1. The molecule has 13 heavy (non-hydrogen) atoms. The molecule has 1 aromatic carbocycles. The van der Waals surface area contributed by atoms with Gasteiger partial charge in [-0.15, -0.1) is 11.8 Å². The smallest absolute Gasteiger partial charge is 0.119 e. The van der Waals surface area contributed by atoms with Crippen LogP contribution in [0.25, 0.3) is 0 Å². The van der Waals surface area contributed by atoms with Gasteiger partial charge in [-0.25, -0.2) is 0 Å². The summed E-state index contributed by atoms with van der Waals surface area (Å²) in [4.78, 5) is 2.20. The number of thioether (sulfide) groups is 1. The highest BCUT2D eigenvalue weighted by Gasteiger charge is 2.06. The van der Waals surface area contributed by atoms with Crippen LogP contribution in [0.5, 0.6) is 5.75 Å². The number of nitrogens with zero attached hydrogens (tertiary/aromatic N) is 1. The lowest BCUT2D eigenvalue weighted by molar-refractivity contribution is 0.415. The first-order valence-corrected chi connectivity index (χ1v) is 5.14. The van der Waals surface area contributed by atoms with E-state index in [2.05, 4.69) is 28.6 Å². The SMILES string of the molecule is COc1ccc(N2C=CSC2)cc1. The zero-order valence-electron chi connectivity index (χ0n) is 7.43. The van der Waals surface area contributed by atoms with E-state index in [1.165, 1.54) is 5.69 Å². The molecule has 0 fully saturated rings. The Morgan fingerprint density at radius 2 is 2.08 bits per heavy atom. The van der Waals surface area contributed by atoms with Crippen molar-refractivity contribution in [2.45, 2.75) is 0 Å². The molecule has 0 N–H and O–H groups in total. The first-order chi connectivity index (χ1) is 6.40. The topological polar surface area (TPSA) is 12.5 Å². The fraction of sp³-hybridized carbons (Fsp3) is 0.200. The Bertz CT molecular complexity index is 307. The van der Waals surface area contributed by atoms with Crippen LogP contribution in [-0.2, 0) is 0 Å². The van der Waals surface area contributed by atoms with Gasteiger partial charge in [-0.1, -0.05) is 0 Å². The lowest BCUT2D eigenvalue weighted by Gasteiger charge is -2.14. The third-order valence-corrected chi connectivity index (χ3v) is 2.70. The molecule has 3 heteroatoms. The minimum absolute atomic E-state index is 0.902. The monoisotopic (exact) mass is 193 g/mol. The van der Waals surface area contributed by atoms with Gasteiger partial charge in [0.05, 0.1) is 13.0 Å². The van der Waals surface area contributed by atoms with Crippen LogP contribution in [-0.4, -0.2) is 13.0 Å². The highest BCUT2D eigenvalue weighted by Crippen LogP contribution is 2.25. The number of rotatable bonds is 2. The Morgan fingerprint density at radius 3 is 2.62 bits per heavy atom. The lowest BCUT2D eigenvalue weighted by atomic mass is 10.3. The molecule has 1 aliphatic heterocycles. The molecule has 68 valence electrons. The second kappa shape index (κ2) is 3.75. The molecule has 2 rings (SSSR count). The largest absolute Gasteiger partial charge is 0.497 e. The molecule has 0 unspecified atom stereocenters. The molecular formula is C10H11NOS. The number of benzene rings is 1. The Kier molecular flexibility index (Phi) is 2.45. The molecule has 0 aliphatic carbocycles. The van der Waals surface area contributed by atoms with E-state index in [1.807, 2.05) is 12.1 Å². The Balaban J connectivity index is 2.17. The number of hydrogen-bond donors (Lipinski definition) is 0. The van der Waals surface area contributed by atoms with Gasteiger partial charge in [0.25, 0.3) is 0 Å². The maximum absolute atomic E-state index is 5.09. The molecule has 0 saturated carbocycles. The molecular weight excluding hydrogens is 182 g/mol. The molecule has 0 bridgehead atoms. The average molecular weight is 193 g/mol. The molecule has 1 heterocycles. The predicted molar refractivity (Wildman–Crippen MR) is 57.1 cm³/mol. The first-order valence-electron chi connectivity index (χ1n) is 4.09. The highest BCUT2D eigenvalue weighted by atomic mass is 32.2. The predicted octanol–water partition coefficient (Wildman–Crippen LogP) is 2.68. The second-order valence-corrected chi connectivity index (χ2v) is 3.61. The van der Waals surface area contributed by atoms with Crippen molar-refractivity contribution in [1.29, 1.82) is 0 Å². The Labute approximate surface area is 82.2 Å². The summed E-state index contributed by atoms with van der Waals surface area (Å²) < 4.78 is 5.09. The van der Waals surface area contributed by atoms with Crippen LogP contribution in [0.3, 0.4) is 0 Å². The lowest BCUT2D eigenvalue weighted by Crippen LogP contribution is -2.10. The third-order valence-electron chi connectivity index (χ3n) is 1.95. The maximum Gasteiger partial charge on any atom is 0.119 e. The third kappa shape index (κ3) is 1.80. The van der Waals surface area contributed by atoms with Crippen LogP contribution < -0.4 is 9.64 Å². The van der Waals surface area contributed by atoms with Crippen LogP contribution in [0, 0.1) is 0 Å². The summed E-state index contributed by atoms with van der Waals surface area (Å²) in [6.07, 6.45) is 2.09.